The molecule has 1 aromatic heterocycles. The van der Waals surface area contributed by atoms with E-state index in [4.69, 9.17) is 18.0 Å². The van der Waals surface area contributed by atoms with Crippen LogP contribution in [0.4, 0.5) is 0 Å². The summed E-state index contributed by atoms with van der Waals surface area (Å²) in [5.41, 5.74) is 7.49. The fraction of sp³-hybridized carbons (Fsp3) is 0.250. The van der Waals surface area contributed by atoms with Gasteiger partial charge in [0.05, 0.1) is 4.99 Å². The van der Waals surface area contributed by atoms with E-state index in [9.17, 15) is 0 Å². The number of aryl methyl sites for hydroxylation is 1. The quantitative estimate of drug-likeness (QED) is 0.671. The Balaban J connectivity index is 2.79. The van der Waals surface area contributed by atoms with Gasteiger partial charge in [-0.1, -0.05) is 12.2 Å². The van der Waals surface area contributed by atoms with Crippen molar-refractivity contribution in [3.63, 3.8) is 0 Å². The Morgan fingerprint density at radius 2 is 2.45 bits per heavy atom. The van der Waals surface area contributed by atoms with Gasteiger partial charge in [-0.15, -0.1) is 0 Å². The lowest BCUT2D eigenvalue weighted by molar-refractivity contribution is 1.12. The molecule has 0 aliphatic carbocycles. The zero-order valence-corrected chi connectivity index (χ0v) is 7.19. The summed E-state index contributed by atoms with van der Waals surface area (Å²) in [6, 6.07) is 3.93. The summed E-state index contributed by atoms with van der Waals surface area (Å²) in [5.74, 6) is 0. The number of nitrogens with two attached hydrogens (primary N) is 1. The predicted molar refractivity (Wildman–Crippen MR) is 49.5 cm³/mol. The zero-order valence-electron chi connectivity index (χ0n) is 6.37. The number of hydrogen-bond acceptors (Lipinski definition) is 2. The van der Waals surface area contributed by atoms with Gasteiger partial charge in [0.2, 0.25) is 0 Å². The minimum Gasteiger partial charge on any atom is -0.393 e. The Hall–Kier alpha value is -0.960. The topological polar surface area (TPSA) is 38.9 Å². The molecular formula is C8H10N2S. The summed E-state index contributed by atoms with van der Waals surface area (Å²) < 4.78 is 0. The van der Waals surface area contributed by atoms with Crippen molar-refractivity contribution in [2.24, 2.45) is 5.73 Å². The lowest BCUT2D eigenvalue weighted by Gasteiger charge is -1.98. The summed E-state index contributed by atoms with van der Waals surface area (Å²) in [5, 5.41) is 0. The van der Waals surface area contributed by atoms with E-state index in [1.165, 1.54) is 5.56 Å². The van der Waals surface area contributed by atoms with Gasteiger partial charge in [-0.05, 0) is 24.6 Å². The van der Waals surface area contributed by atoms with Crippen LogP contribution in [0.1, 0.15) is 11.3 Å². The molecule has 0 bridgehead atoms. The van der Waals surface area contributed by atoms with Gasteiger partial charge in [0.15, 0.2) is 0 Å². The van der Waals surface area contributed by atoms with E-state index in [2.05, 4.69) is 4.98 Å². The summed E-state index contributed by atoms with van der Waals surface area (Å²) in [6.07, 6.45) is 2.36. The van der Waals surface area contributed by atoms with Crippen molar-refractivity contribution in [2.75, 3.05) is 0 Å². The first kappa shape index (κ1) is 8.14. The molecule has 1 heterocycles. The van der Waals surface area contributed by atoms with Crippen LogP contribution < -0.4 is 5.73 Å². The van der Waals surface area contributed by atoms with Crippen LogP contribution in [-0.2, 0) is 6.42 Å². The second-order valence-electron chi connectivity index (χ2n) is 2.47. The van der Waals surface area contributed by atoms with E-state index >= 15 is 0 Å². The lowest BCUT2D eigenvalue weighted by Crippen LogP contribution is -2.11. The van der Waals surface area contributed by atoms with Gasteiger partial charge in [-0.2, -0.15) is 0 Å². The van der Waals surface area contributed by atoms with Crippen molar-refractivity contribution in [3.05, 3.63) is 29.6 Å². The maximum Gasteiger partial charge on any atom is 0.0787 e. The molecule has 3 heteroatoms. The van der Waals surface area contributed by atoms with E-state index < -0.39 is 0 Å². The molecule has 2 N–H and O–H groups in total. The Kier molecular flexibility index (Phi) is 2.54. The Morgan fingerprint density at radius 3 is 3.00 bits per heavy atom. The predicted octanol–water partition coefficient (Wildman–Crippen LogP) is 1.22. The molecule has 0 aromatic carbocycles. The van der Waals surface area contributed by atoms with Gasteiger partial charge >= 0.3 is 0 Å². The Morgan fingerprint density at radius 1 is 1.73 bits per heavy atom. The van der Waals surface area contributed by atoms with Crippen LogP contribution in [0, 0.1) is 6.92 Å². The molecule has 0 aliphatic heterocycles. The number of aromatic nitrogens is 1. The van der Waals surface area contributed by atoms with E-state index in [1.54, 1.807) is 6.20 Å². The smallest absolute Gasteiger partial charge is 0.0787 e. The summed E-state index contributed by atoms with van der Waals surface area (Å²) in [7, 11) is 0. The van der Waals surface area contributed by atoms with Crippen LogP contribution in [0.15, 0.2) is 18.3 Å². The number of nitrogens with zero attached hydrogens (tertiary/aromatic N) is 1. The molecule has 58 valence electrons. The molecule has 0 unspecified atom stereocenters. The normalized spacial score (nSPS) is 9.55. The van der Waals surface area contributed by atoms with Crippen molar-refractivity contribution in [1.82, 2.24) is 4.98 Å². The van der Waals surface area contributed by atoms with Crippen molar-refractivity contribution < 1.29 is 0 Å². The molecule has 0 saturated heterocycles. The van der Waals surface area contributed by atoms with Crippen LogP contribution in [0.2, 0.25) is 0 Å². The Labute approximate surface area is 71.4 Å². The van der Waals surface area contributed by atoms with Crippen LogP contribution in [0.5, 0.6) is 0 Å². The molecule has 2 nitrogen and oxygen atoms in total. The minimum absolute atomic E-state index is 0.489. The number of rotatable bonds is 2. The highest BCUT2D eigenvalue weighted by Gasteiger charge is 1.95. The third-order valence-corrected chi connectivity index (χ3v) is 1.47. The molecule has 0 spiro atoms. The first-order valence-corrected chi connectivity index (χ1v) is 3.79. The second kappa shape index (κ2) is 3.44. The maximum atomic E-state index is 5.37. The lowest BCUT2D eigenvalue weighted by atomic mass is 10.2. The van der Waals surface area contributed by atoms with E-state index in [0.717, 1.165) is 5.69 Å². The molecule has 1 aromatic rings. The zero-order chi connectivity index (χ0) is 8.27. The molecule has 0 fully saturated rings. The van der Waals surface area contributed by atoms with Gasteiger partial charge in [0.25, 0.3) is 0 Å². The summed E-state index contributed by atoms with van der Waals surface area (Å²) in [4.78, 5) is 4.60. The average Bonchev–Trinajstić information content (AvgIpc) is 1.85. The minimum atomic E-state index is 0.489. The highest BCUT2D eigenvalue weighted by atomic mass is 32.1. The van der Waals surface area contributed by atoms with Gasteiger partial charge in [0, 0.05) is 18.3 Å². The standard InChI is InChI=1S/C8H10N2S/c1-6-2-3-10-7(4-6)5-8(9)11/h2-4H,5H2,1H3,(H2,9,11). The monoisotopic (exact) mass is 166 g/mol. The van der Waals surface area contributed by atoms with Crippen molar-refractivity contribution in [2.45, 2.75) is 13.3 Å². The number of hydrogen-bond donors (Lipinski definition) is 1. The van der Waals surface area contributed by atoms with Crippen LogP contribution >= 0.6 is 12.2 Å². The molecular weight excluding hydrogens is 156 g/mol. The molecule has 0 radical (unpaired) electrons. The molecule has 11 heavy (non-hydrogen) atoms. The van der Waals surface area contributed by atoms with Gasteiger partial charge < -0.3 is 5.73 Å². The Bertz CT molecular complexity index is 271. The SMILES string of the molecule is Cc1ccnc(CC(N)=S)c1. The first-order valence-electron chi connectivity index (χ1n) is 3.38. The third-order valence-electron chi connectivity index (χ3n) is 1.33. The fourth-order valence-corrected chi connectivity index (χ4v) is 1.02. The van der Waals surface area contributed by atoms with Crippen molar-refractivity contribution in [3.8, 4) is 0 Å². The van der Waals surface area contributed by atoms with Crippen LogP contribution in [0.3, 0.4) is 0 Å². The van der Waals surface area contributed by atoms with Crippen LogP contribution in [-0.4, -0.2) is 9.97 Å². The van der Waals surface area contributed by atoms with Crippen molar-refractivity contribution in [1.29, 1.82) is 0 Å². The van der Waals surface area contributed by atoms with E-state index in [-0.39, 0.29) is 0 Å². The summed E-state index contributed by atoms with van der Waals surface area (Å²) in [6.45, 7) is 2.02. The maximum absolute atomic E-state index is 5.37. The first-order chi connectivity index (χ1) is 5.18. The third kappa shape index (κ3) is 2.63. The van der Waals surface area contributed by atoms with E-state index in [0.29, 0.717) is 11.4 Å². The number of thiocarbonyl (C=S) groups is 1. The summed E-state index contributed by atoms with van der Waals surface area (Å²) >= 11 is 4.76. The molecule has 0 saturated carbocycles. The molecule has 0 aliphatic rings. The molecule has 1 rings (SSSR count). The second-order valence-corrected chi connectivity index (χ2v) is 2.99. The molecule has 0 amide bonds. The van der Waals surface area contributed by atoms with Gasteiger partial charge in [0.1, 0.15) is 0 Å². The largest absolute Gasteiger partial charge is 0.393 e. The molecule has 0 atom stereocenters. The average molecular weight is 166 g/mol. The van der Waals surface area contributed by atoms with Crippen molar-refractivity contribution >= 4 is 17.2 Å². The highest BCUT2D eigenvalue weighted by Crippen LogP contribution is 2.00. The number of pyridine rings is 1. The van der Waals surface area contributed by atoms with Crippen LogP contribution in [0.25, 0.3) is 0 Å². The highest BCUT2D eigenvalue weighted by molar-refractivity contribution is 7.80. The van der Waals surface area contributed by atoms with Gasteiger partial charge in [-0.3, -0.25) is 4.98 Å². The van der Waals surface area contributed by atoms with Gasteiger partial charge in [-0.25, -0.2) is 0 Å². The van der Waals surface area contributed by atoms with E-state index in [1.807, 2.05) is 19.1 Å². The fourth-order valence-electron chi connectivity index (χ4n) is 0.874.